The van der Waals surface area contributed by atoms with E-state index < -0.39 is 17.9 Å². The molecule has 0 aliphatic carbocycles. The molecular formula is C18H22N2O3S. The van der Waals surface area contributed by atoms with Crippen LogP contribution in [0.5, 0.6) is 0 Å². The number of aliphatic hydroxyl groups excluding tert-OH is 1. The molecule has 0 fully saturated rings. The topological polar surface area (TPSA) is 78.4 Å². The molecule has 2 rings (SSSR count). The molecule has 6 heteroatoms. The summed E-state index contributed by atoms with van der Waals surface area (Å²) in [6, 6.07) is 7.43. The van der Waals surface area contributed by atoms with E-state index in [1.165, 1.54) is 16.9 Å². The third kappa shape index (κ3) is 4.66. The third-order valence-corrected chi connectivity index (χ3v) is 4.52. The van der Waals surface area contributed by atoms with Gasteiger partial charge in [-0.25, -0.2) is 0 Å². The summed E-state index contributed by atoms with van der Waals surface area (Å²) >= 11 is 1.46. The van der Waals surface area contributed by atoms with E-state index in [0.717, 1.165) is 24.0 Å². The molecule has 3 N–H and O–H groups in total. The smallest absolute Gasteiger partial charge is 0.313 e. The summed E-state index contributed by atoms with van der Waals surface area (Å²) in [5.41, 5.74) is 3.72. The fraction of sp³-hybridized carbons (Fsp3) is 0.333. The molecule has 0 aliphatic heterocycles. The van der Waals surface area contributed by atoms with Gasteiger partial charge in [0, 0.05) is 12.2 Å². The lowest BCUT2D eigenvalue weighted by atomic mass is 10.0. The van der Waals surface area contributed by atoms with Crippen LogP contribution in [0.25, 0.3) is 0 Å². The van der Waals surface area contributed by atoms with Crippen LogP contribution in [0.1, 0.15) is 36.6 Å². The molecule has 128 valence electrons. The molecule has 0 aliphatic rings. The molecule has 0 bridgehead atoms. The van der Waals surface area contributed by atoms with Gasteiger partial charge in [0.15, 0.2) is 0 Å². The lowest BCUT2D eigenvalue weighted by Gasteiger charge is -2.12. The van der Waals surface area contributed by atoms with E-state index in [9.17, 15) is 14.7 Å². The van der Waals surface area contributed by atoms with Gasteiger partial charge in [0.25, 0.3) is 0 Å². The molecule has 1 atom stereocenters. The Morgan fingerprint density at radius 2 is 1.88 bits per heavy atom. The minimum Gasteiger partial charge on any atom is -0.387 e. The van der Waals surface area contributed by atoms with Gasteiger partial charge in [0.1, 0.15) is 0 Å². The zero-order valence-electron chi connectivity index (χ0n) is 13.8. The molecule has 0 saturated carbocycles. The van der Waals surface area contributed by atoms with Crippen molar-refractivity contribution < 1.29 is 14.7 Å². The monoisotopic (exact) mass is 346 g/mol. The van der Waals surface area contributed by atoms with Crippen LogP contribution in [0.2, 0.25) is 0 Å². The maximum Gasteiger partial charge on any atom is 0.313 e. The van der Waals surface area contributed by atoms with E-state index in [4.69, 9.17) is 0 Å². The molecule has 5 nitrogen and oxygen atoms in total. The Labute approximate surface area is 145 Å². The van der Waals surface area contributed by atoms with Crippen molar-refractivity contribution in [1.82, 2.24) is 5.32 Å². The van der Waals surface area contributed by atoms with Gasteiger partial charge < -0.3 is 15.7 Å². The van der Waals surface area contributed by atoms with Gasteiger partial charge in [0.2, 0.25) is 0 Å². The lowest BCUT2D eigenvalue weighted by Crippen LogP contribution is -2.37. The Kier molecular flexibility index (Phi) is 6.52. The van der Waals surface area contributed by atoms with Crippen molar-refractivity contribution in [2.45, 2.75) is 32.8 Å². The van der Waals surface area contributed by atoms with Gasteiger partial charge in [-0.15, -0.1) is 0 Å². The summed E-state index contributed by atoms with van der Waals surface area (Å²) in [7, 11) is 0. The number of thiophene rings is 1. The van der Waals surface area contributed by atoms with Crippen LogP contribution < -0.4 is 10.6 Å². The van der Waals surface area contributed by atoms with Gasteiger partial charge in [-0.1, -0.05) is 19.9 Å². The number of aryl methyl sites for hydroxylation is 2. The number of aliphatic hydroxyl groups is 1. The van der Waals surface area contributed by atoms with Crippen LogP contribution in [0.3, 0.4) is 0 Å². The predicted octanol–water partition coefficient (Wildman–Crippen LogP) is 2.66. The second-order valence-electron chi connectivity index (χ2n) is 5.43. The summed E-state index contributed by atoms with van der Waals surface area (Å²) in [6.45, 7) is 4.13. The fourth-order valence-corrected chi connectivity index (χ4v) is 3.12. The minimum atomic E-state index is -0.816. The number of carbonyl (C=O) groups is 2. The molecule has 1 aromatic heterocycles. The summed E-state index contributed by atoms with van der Waals surface area (Å²) in [6.07, 6.45) is 0.980. The van der Waals surface area contributed by atoms with Crippen LogP contribution in [0.4, 0.5) is 5.69 Å². The number of hydrogen-bond donors (Lipinski definition) is 3. The molecule has 0 spiro atoms. The highest BCUT2D eigenvalue weighted by Crippen LogP contribution is 2.17. The van der Waals surface area contributed by atoms with E-state index in [1.54, 1.807) is 17.5 Å². The summed E-state index contributed by atoms with van der Waals surface area (Å²) in [5.74, 6) is -1.50. The van der Waals surface area contributed by atoms with Crippen molar-refractivity contribution in [2.75, 3.05) is 11.9 Å². The highest BCUT2D eigenvalue weighted by Gasteiger charge is 2.16. The number of carbonyl (C=O) groups excluding carboxylic acids is 2. The maximum atomic E-state index is 12.0. The molecule has 0 radical (unpaired) electrons. The van der Waals surface area contributed by atoms with Crippen molar-refractivity contribution in [3.8, 4) is 0 Å². The number of nitrogens with one attached hydrogen (secondary N) is 2. The number of hydrogen-bond acceptors (Lipinski definition) is 4. The molecule has 24 heavy (non-hydrogen) atoms. The molecule has 0 saturated heterocycles. The van der Waals surface area contributed by atoms with E-state index in [1.807, 2.05) is 17.5 Å². The number of benzene rings is 1. The van der Waals surface area contributed by atoms with E-state index in [2.05, 4.69) is 24.5 Å². The van der Waals surface area contributed by atoms with Crippen molar-refractivity contribution in [3.63, 3.8) is 0 Å². The van der Waals surface area contributed by atoms with Gasteiger partial charge >= 0.3 is 11.8 Å². The second kappa shape index (κ2) is 8.61. The fourth-order valence-electron chi connectivity index (χ4n) is 2.42. The Morgan fingerprint density at radius 3 is 2.50 bits per heavy atom. The lowest BCUT2D eigenvalue weighted by molar-refractivity contribution is -0.136. The predicted molar refractivity (Wildman–Crippen MR) is 96.1 cm³/mol. The maximum absolute atomic E-state index is 12.0. The normalized spacial score (nSPS) is 11.8. The van der Waals surface area contributed by atoms with Gasteiger partial charge in [-0.2, -0.15) is 11.3 Å². The standard InChI is InChI=1S/C18H22N2O3S/c1-3-12-5-6-15(9-13(12)4-2)20-18(23)17(22)19-10-16(21)14-7-8-24-11-14/h5-9,11,16,21H,3-4,10H2,1-2H3,(H,19,22)(H,20,23). The first-order chi connectivity index (χ1) is 11.5. The van der Waals surface area contributed by atoms with E-state index in [0.29, 0.717) is 5.69 Å². The van der Waals surface area contributed by atoms with Crippen LogP contribution in [0, 0.1) is 0 Å². The number of anilines is 1. The Morgan fingerprint density at radius 1 is 1.12 bits per heavy atom. The van der Waals surface area contributed by atoms with Crippen LogP contribution in [-0.2, 0) is 22.4 Å². The van der Waals surface area contributed by atoms with Crippen LogP contribution in [-0.4, -0.2) is 23.5 Å². The van der Waals surface area contributed by atoms with E-state index >= 15 is 0 Å². The second-order valence-corrected chi connectivity index (χ2v) is 6.21. The largest absolute Gasteiger partial charge is 0.387 e. The van der Waals surface area contributed by atoms with Gasteiger partial charge in [0.05, 0.1) is 6.10 Å². The highest BCUT2D eigenvalue weighted by atomic mass is 32.1. The first kappa shape index (κ1) is 18.2. The van der Waals surface area contributed by atoms with Crippen molar-refractivity contribution in [1.29, 1.82) is 0 Å². The van der Waals surface area contributed by atoms with Crippen LogP contribution >= 0.6 is 11.3 Å². The Hall–Kier alpha value is -2.18. The molecule has 2 aromatic rings. The summed E-state index contributed by atoms with van der Waals surface area (Å²) in [4.78, 5) is 23.8. The van der Waals surface area contributed by atoms with Crippen LogP contribution in [0.15, 0.2) is 35.0 Å². The van der Waals surface area contributed by atoms with Gasteiger partial charge in [-0.3, -0.25) is 9.59 Å². The van der Waals surface area contributed by atoms with Crippen molar-refractivity contribution in [3.05, 3.63) is 51.7 Å². The Bertz CT molecular complexity index is 698. The highest BCUT2D eigenvalue weighted by molar-refractivity contribution is 7.07. The number of rotatable bonds is 6. The van der Waals surface area contributed by atoms with Crippen molar-refractivity contribution in [2.24, 2.45) is 0 Å². The average Bonchev–Trinajstić information content (AvgIpc) is 3.13. The quantitative estimate of drug-likeness (QED) is 0.704. The summed E-state index contributed by atoms with van der Waals surface area (Å²) in [5, 5.41) is 18.6. The summed E-state index contributed by atoms with van der Waals surface area (Å²) < 4.78 is 0. The molecule has 1 unspecified atom stereocenters. The third-order valence-electron chi connectivity index (χ3n) is 3.82. The first-order valence-corrected chi connectivity index (χ1v) is 8.90. The molecule has 1 heterocycles. The first-order valence-electron chi connectivity index (χ1n) is 7.96. The zero-order valence-corrected chi connectivity index (χ0v) is 14.7. The SMILES string of the molecule is CCc1ccc(NC(=O)C(=O)NCC(O)c2ccsc2)cc1CC. The number of amides is 2. The molecule has 1 aromatic carbocycles. The molecule has 2 amide bonds. The average molecular weight is 346 g/mol. The van der Waals surface area contributed by atoms with Crippen molar-refractivity contribution >= 4 is 28.8 Å². The molecular weight excluding hydrogens is 324 g/mol. The van der Waals surface area contributed by atoms with E-state index in [-0.39, 0.29) is 6.54 Å². The Balaban J connectivity index is 1.90. The minimum absolute atomic E-state index is 0.00201. The zero-order chi connectivity index (χ0) is 17.5. The van der Waals surface area contributed by atoms with Gasteiger partial charge in [-0.05, 0) is 58.5 Å².